The van der Waals surface area contributed by atoms with Gasteiger partial charge in [-0.15, -0.1) is 0 Å². The van der Waals surface area contributed by atoms with Crippen molar-refractivity contribution in [3.05, 3.63) is 71.6 Å². The van der Waals surface area contributed by atoms with Gasteiger partial charge in [0.15, 0.2) is 6.61 Å². The number of carbonyl (C=O) groups excluding carboxylic acids is 2. The number of ether oxygens (including phenoxy) is 1. The molecule has 24 heavy (non-hydrogen) atoms. The first-order chi connectivity index (χ1) is 11.6. The molecule has 0 aliphatic heterocycles. The highest BCUT2D eigenvalue weighted by atomic mass is 19.1. The van der Waals surface area contributed by atoms with E-state index in [1.807, 2.05) is 19.1 Å². The summed E-state index contributed by atoms with van der Waals surface area (Å²) in [4.78, 5) is 23.3. The van der Waals surface area contributed by atoms with Crippen molar-refractivity contribution in [3.63, 3.8) is 0 Å². The van der Waals surface area contributed by atoms with Crippen LogP contribution in [-0.4, -0.2) is 18.5 Å². The molecule has 5 heteroatoms. The molecule has 0 spiro atoms. The highest BCUT2D eigenvalue weighted by molar-refractivity contribution is 5.94. The zero-order valence-corrected chi connectivity index (χ0v) is 13.3. The van der Waals surface area contributed by atoms with Gasteiger partial charge in [-0.05, 0) is 36.3 Å². The number of anilines is 1. The van der Waals surface area contributed by atoms with Gasteiger partial charge < -0.3 is 10.1 Å². The molecule has 1 amide bonds. The maximum absolute atomic E-state index is 13.4. The molecule has 2 aromatic carbocycles. The van der Waals surface area contributed by atoms with Crippen LogP contribution in [-0.2, 0) is 20.7 Å². The molecule has 0 unspecified atom stereocenters. The molecular formula is C19H18FNO3. The summed E-state index contributed by atoms with van der Waals surface area (Å²) in [7, 11) is 0. The van der Waals surface area contributed by atoms with Gasteiger partial charge in [0.05, 0.1) is 0 Å². The molecule has 0 atom stereocenters. The van der Waals surface area contributed by atoms with Gasteiger partial charge in [-0.2, -0.15) is 0 Å². The van der Waals surface area contributed by atoms with E-state index in [0.29, 0.717) is 5.69 Å². The lowest BCUT2D eigenvalue weighted by molar-refractivity contribution is -0.142. The van der Waals surface area contributed by atoms with E-state index in [0.717, 1.165) is 18.1 Å². The SMILES string of the molecule is CCc1ccc(NC(=O)COC(=O)/C=C/c2ccccc2F)cc1. The minimum Gasteiger partial charge on any atom is -0.452 e. The summed E-state index contributed by atoms with van der Waals surface area (Å²) in [5.41, 5.74) is 2.07. The number of aryl methyl sites for hydroxylation is 1. The van der Waals surface area contributed by atoms with Crippen LogP contribution in [0.15, 0.2) is 54.6 Å². The van der Waals surface area contributed by atoms with Crippen LogP contribution >= 0.6 is 0 Å². The molecule has 0 aromatic heterocycles. The second-order valence-electron chi connectivity index (χ2n) is 5.06. The predicted molar refractivity (Wildman–Crippen MR) is 90.8 cm³/mol. The van der Waals surface area contributed by atoms with Crippen LogP contribution in [0.25, 0.3) is 6.08 Å². The molecular weight excluding hydrogens is 309 g/mol. The van der Waals surface area contributed by atoms with Gasteiger partial charge in [0.1, 0.15) is 5.82 Å². The van der Waals surface area contributed by atoms with Crippen LogP contribution in [0, 0.1) is 5.82 Å². The second kappa shape index (κ2) is 8.62. The van der Waals surface area contributed by atoms with E-state index in [1.54, 1.807) is 24.3 Å². The molecule has 0 bridgehead atoms. The largest absolute Gasteiger partial charge is 0.452 e. The number of hydrogen-bond donors (Lipinski definition) is 1. The topological polar surface area (TPSA) is 55.4 Å². The quantitative estimate of drug-likeness (QED) is 0.652. The monoisotopic (exact) mass is 327 g/mol. The second-order valence-corrected chi connectivity index (χ2v) is 5.06. The lowest BCUT2D eigenvalue weighted by Gasteiger charge is -2.06. The van der Waals surface area contributed by atoms with Gasteiger partial charge >= 0.3 is 5.97 Å². The summed E-state index contributed by atoms with van der Waals surface area (Å²) in [6.07, 6.45) is 3.31. The number of benzene rings is 2. The smallest absolute Gasteiger partial charge is 0.331 e. The summed E-state index contributed by atoms with van der Waals surface area (Å²) in [6, 6.07) is 13.5. The highest BCUT2D eigenvalue weighted by Crippen LogP contribution is 2.10. The first kappa shape index (κ1) is 17.4. The average molecular weight is 327 g/mol. The zero-order valence-electron chi connectivity index (χ0n) is 13.3. The van der Waals surface area contributed by atoms with Crippen LogP contribution < -0.4 is 5.32 Å². The third-order valence-electron chi connectivity index (χ3n) is 3.30. The molecule has 0 aliphatic rings. The van der Waals surface area contributed by atoms with Gasteiger partial charge in [-0.25, -0.2) is 9.18 Å². The molecule has 0 fully saturated rings. The lowest BCUT2D eigenvalue weighted by atomic mass is 10.1. The fourth-order valence-electron chi connectivity index (χ4n) is 1.97. The fourth-order valence-corrected chi connectivity index (χ4v) is 1.97. The Balaban J connectivity index is 1.80. The van der Waals surface area contributed by atoms with Crippen LogP contribution in [0.2, 0.25) is 0 Å². The van der Waals surface area contributed by atoms with Crippen molar-refractivity contribution in [2.24, 2.45) is 0 Å². The van der Waals surface area contributed by atoms with Gasteiger partial charge in [0.2, 0.25) is 0 Å². The van der Waals surface area contributed by atoms with Crippen molar-refractivity contribution in [1.82, 2.24) is 0 Å². The summed E-state index contributed by atoms with van der Waals surface area (Å²) < 4.78 is 18.2. The standard InChI is InChI=1S/C19H18FNO3/c1-2-14-7-10-16(11-8-14)21-18(22)13-24-19(23)12-9-15-5-3-4-6-17(15)20/h3-12H,2,13H2,1H3,(H,21,22)/b12-9+. The maximum atomic E-state index is 13.4. The van der Waals surface area contributed by atoms with Crippen LogP contribution in [0.3, 0.4) is 0 Å². The summed E-state index contributed by atoms with van der Waals surface area (Å²) in [6.45, 7) is 1.64. The molecule has 4 nitrogen and oxygen atoms in total. The van der Waals surface area contributed by atoms with Gasteiger partial charge in [0, 0.05) is 17.3 Å². The summed E-state index contributed by atoms with van der Waals surface area (Å²) in [5.74, 6) is -1.59. The normalized spacial score (nSPS) is 10.6. The van der Waals surface area contributed by atoms with E-state index >= 15 is 0 Å². The molecule has 2 aromatic rings. The van der Waals surface area contributed by atoms with Crippen molar-refractivity contribution in [2.75, 3.05) is 11.9 Å². The molecule has 0 saturated carbocycles. The summed E-state index contributed by atoms with van der Waals surface area (Å²) in [5, 5.41) is 2.63. The maximum Gasteiger partial charge on any atom is 0.331 e. The number of amides is 1. The molecule has 0 heterocycles. The number of esters is 1. The van der Waals surface area contributed by atoms with Crippen molar-refractivity contribution < 1.29 is 18.7 Å². The van der Waals surface area contributed by atoms with Crippen molar-refractivity contribution in [2.45, 2.75) is 13.3 Å². The Labute approximate surface area is 140 Å². The van der Waals surface area contributed by atoms with Crippen LogP contribution in [0.5, 0.6) is 0 Å². The van der Waals surface area contributed by atoms with Crippen molar-refractivity contribution >= 4 is 23.6 Å². The van der Waals surface area contributed by atoms with E-state index in [1.165, 1.54) is 18.2 Å². The Bertz CT molecular complexity index is 739. The molecule has 1 N–H and O–H groups in total. The zero-order chi connectivity index (χ0) is 17.4. The number of rotatable bonds is 6. The Kier molecular flexibility index (Phi) is 6.25. The third kappa shape index (κ3) is 5.35. The minimum absolute atomic E-state index is 0.273. The first-order valence-corrected chi connectivity index (χ1v) is 7.56. The van der Waals surface area contributed by atoms with Crippen molar-refractivity contribution in [1.29, 1.82) is 0 Å². The predicted octanol–water partition coefficient (Wildman–Crippen LogP) is 3.58. The van der Waals surface area contributed by atoms with E-state index in [2.05, 4.69) is 5.32 Å². The Morgan fingerprint density at radius 1 is 1.12 bits per heavy atom. The van der Waals surface area contributed by atoms with Gasteiger partial charge in [-0.3, -0.25) is 4.79 Å². The first-order valence-electron chi connectivity index (χ1n) is 7.56. The lowest BCUT2D eigenvalue weighted by Crippen LogP contribution is -2.20. The van der Waals surface area contributed by atoms with Gasteiger partial charge in [-0.1, -0.05) is 37.3 Å². The number of nitrogens with one attached hydrogen (secondary N) is 1. The van der Waals surface area contributed by atoms with E-state index in [4.69, 9.17) is 4.74 Å². The molecule has 0 aliphatic carbocycles. The molecule has 2 rings (SSSR count). The highest BCUT2D eigenvalue weighted by Gasteiger charge is 2.06. The average Bonchev–Trinajstić information content (AvgIpc) is 2.60. The molecule has 0 saturated heterocycles. The van der Waals surface area contributed by atoms with E-state index in [-0.39, 0.29) is 5.56 Å². The van der Waals surface area contributed by atoms with E-state index < -0.39 is 24.3 Å². The number of carbonyl (C=O) groups is 2. The molecule has 124 valence electrons. The minimum atomic E-state index is -0.713. The van der Waals surface area contributed by atoms with E-state index in [9.17, 15) is 14.0 Å². The Morgan fingerprint density at radius 3 is 2.50 bits per heavy atom. The fraction of sp³-hybridized carbons (Fsp3) is 0.158. The number of hydrogen-bond acceptors (Lipinski definition) is 3. The molecule has 0 radical (unpaired) electrons. The van der Waals surface area contributed by atoms with Crippen molar-refractivity contribution in [3.8, 4) is 0 Å². The van der Waals surface area contributed by atoms with Crippen LogP contribution in [0.4, 0.5) is 10.1 Å². The van der Waals surface area contributed by atoms with Gasteiger partial charge in [0.25, 0.3) is 5.91 Å². The Morgan fingerprint density at radius 2 is 1.83 bits per heavy atom. The third-order valence-corrected chi connectivity index (χ3v) is 3.30. The Hall–Kier alpha value is -2.95. The number of halogens is 1. The summed E-state index contributed by atoms with van der Waals surface area (Å²) >= 11 is 0. The van der Waals surface area contributed by atoms with Crippen LogP contribution in [0.1, 0.15) is 18.1 Å².